The van der Waals surface area contributed by atoms with E-state index in [1.165, 1.54) is 13.0 Å². The van der Waals surface area contributed by atoms with E-state index in [0.29, 0.717) is 18.2 Å². The van der Waals surface area contributed by atoms with Gasteiger partial charge in [-0.15, -0.1) is 0 Å². The summed E-state index contributed by atoms with van der Waals surface area (Å²) in [6.45, 7) is 5.52. The summed E-state index contributed by atoms with van der Waals surface area (Å²) in [6.07, 6.45) is 2.79. The summed E-state index contributed by atoms with van der Waals surface area (Å²) in [7, 11) is 0. The van der Waals surface area contributed by atoms with E-state index in [2.05, 4.69) is 22.0 Å². The third kappa shape index (κ3) is 2.59. The zero-order chi connectivity index (χ0) is 11.4. The molecule has 1 aliphatic heterocycles. The number of rotatable bonds is 4. The Kier molecular flexibility index (Phi) is 3.90. The topological polar surface area (TPSA) is 62.4 Å². The predicted molar refractivity (Wildman–Crippen MR) is 59.2 cm³/mol. The molecular formula is C11H19N3O2. The third-order valence-electron chi connectivity index (χ3n) is 3.13. The van der Waals surface area contributed by atoms with E-state index in [-0.39, 0.29) is 6.61 Å². The van der Waals surface area contributed by atoms with Crippen molar-refractivity contribution in [2.45, 2.75) is 32.1 Å². The highest BCUT2D eigenvalue weighted by Gasteiger charge is 2.24. The van der Waals surface area contributed by atoms with Crippen LogP contribution >= 0.6 is 0 Å². The number of aliphatic hydroxyl groups excluding tert-OH is 1. The Morgan fingerprint density at radius 1 is 1.56 bits per heavy atom. The highest BCUT2D eigenvalue weighted by Crippen LogP contribution is 2.24. The van der Waals surface area contributed by atoms with E-state index in [1.807, 2.05) is 0 Å². The van der Waals surface area contributed by atoms with Gasteiger partial charge < -0.3 is 14.5 Å². The molecule has 5 heteroatoms. The van der Waals surface area contributed by atoms with Crippen molar-refractivity contribution in [1.82, 2.24) is 15.0 Å². The summed E-state index contributed by atoms with van der Waals surface area (Å²) in [5.74, 6) is 1.75. The SMILES string of the molecule is CCN1CCCC(c2noc(CCO)n2)C1. The van der Waals surface area contributed by atoms with Crippen LogP contribution < -0.4 is 0 Å². The summed E-state index contributed by atoms with van der Waals surface area (Å²) < 4.78 is 5.09. The number of aromatic nitrogens is 2. The number of hydrogen-bond donors (Lipinski definition) is 1. The first-order chi connectivity index (χ1) is 7.83. The molecule has 1 atom stereocenters. The van der Waals surface area contributed by atoms with Gasteiger partial charge in [0.05, 0.1) is 13.0 Å². The van der Waals surface area contributed by atoms with Gasteiger partial charge in [-0.3, -0.25) is 0 Å². The molecule has 2 rings (SSSR count). The Balaban J connectivity index is 1.99. The van der Waals surface area contributed by atoms with Crippen molar-refractivity contribution in [3.05, 3.63) is 11.7 Å². The van der Waals surface area contributed by atoms with E-state index in [0.717, 1.165) is 25.3 Å². The molecule has 2 heterocycles. The summed E-state index contributed by atoms with van der Waals surface area (Å²) in [6, 6.07) is 0. The first kappa shape index (κ1) is 11.5. The van der Waals surface area contributed by atoms with Crippen LogP contribution in [0.25, 0.3) is 0 Å². The molecule has 0 spiro atoms. The van der Waals surface area contributed by atoms with Crippen LogP contribution in [-0.4, -0.2) is 46.4 Å². The molecule has 1 saturated heterocycles. The maximum Gasteiger partial charge on any atom is 0.228 e. The highest BCUT2D eigenvalue weighted by atomic mass is 16.5. The van der Waals surface area contributed by atoms with Crippen molar-refractivity contribution < 1.29 is 9.63 Å². The second kappa shape index (κ2) is 5.41. The Morgan fingerprint density at radius 3 is 3.19 bits per heavy atom. The van der Waals surface area contributed by atoms with Crippen molar-refractivity contribution in [2.75, 3.05) is 26.2 Å². The first-order valence-corrected chi connectivity index (χ1v) is 5.99. The fourth-order valence-corrected chi connectivity index (χ4v) is 2.18. The molecule has 0 bridgehead atoms. The lowest BCUT2D eigenvalue weighted by Gasteiger charge is -2.29. The molecular weight excluding hydrogens is 206 g/mol. The lowest BCUT2D eigenvalue weighted by molar-refractivity contribution is 0.211. The molecule has 1 unspecified atom stereocenters. The molecule has 1 N–H and O–H groups in total. The smallest absolute Gasteiger partial charge is 0.228 e. The van der Waals surface area contributed by atoms with Crippen LogP contribution in [0.5, 0.6) is 0 Å². The van der Waals surface area contributed by atoms with Gasteiger partial charge in [-0.2, -0.15) is 4.98 Å². The zero-order valence-corrected chi connectivity index (χ0v) is 9.72. The van der Waals surface area contributed by atoms with Crippen molar-refractivity contribution in [1.29, 1.82) is 0 Å². The van der Waals surface area contributed by atoms with E-state index >= 15 is 0 Å². The zero-order valence-electron chi connectivity index (χ0n) is 9.72. The molecule has 1 aromatic heterocycles. The van der Waals surface area contributed by atoms with Crippen molar-refractivity contribution in [2.24, 2.45) is 0 Å². The van der Waals surface area contributed by atoms with Crippen LogP contribution in [0.1, 0.15) is 37.4 Å². The summed E-state index contributed by atoms with van der Waals surface area (Å²) >= 11 is 0. The van der Waals surface area contributed by atoms with E-state index in [1.54, 1.807) is 0 Å². The summed E-state index contributed by atoms with van der Waals surface area (Å²) in [5.41, 5.74) is 0. The van der Waals surface area contributed by atoms with Crippen molar-refractivity contribution >= 4 is 0 Å². The maximum absolute atomic E-state index is 8.78. The molecule has 0 radical (unpaired) electrons. The Morgan fingerprint density at radius 2 is 2.44 bits per heavy atom. The molecule has 0 aliphatic carbocycles. The molecule has 1 aromatic rings. The molecule has 1 fully saturated rings. The van der Waals surface area contributed by atoms with E-state index < -0.39 is 0 Å². The number of hydrogen-bond acceptors (Lipinski definition) is 5. The van der Waals surface area contributed by atoms with Gasteiger partial charge in [-0.1, -0.05) is 12.1 Å². The van der Waals surface area contributed by atoms with Gasteiger partial charge in [0.2, 0.25) is 5.89 Å². The summed E-state index contributed by atoms with van der Waals surface area (Å²) in [5, 5.41) is 12.8. The van der Waals surface area contributed by atoms with Crippen LogP contribution in [0.15, 0.2) is 4.52 Å². The highest BCUT2D eigenvalue weighted by molar-refractivity contribution is 4.98. The Labute approximate surface area is 95.4 Å². The second-order valence-electron chi connectivity index (χ2n) is 4.25. The third-order valence-corrected chi connectivity index (χ3v) is 3.13. The fourth-order valence-electron chi connectivity index (χ4n) is 2.18. The standard InChI is InChI=1S/C11H19N3O2/c1-2-14-6-3-4-9(8-14)11-12-10(5-7-15)16-13-11/h9,15H,2-8H2,1H3. The van der Waals surface area contributed by atoms with Gasteiger partial charge in [-0.05, 0) is 25.9 Å². The minimum atomic E-state index is 0.0629. The molecule has 90 valence electrons. The number of likely N-dealkylation sites (N-methyl/N-ethyl adjacent to an activating group) is 1. The van der Waals surface area contributed by atoms with Crippen molar-refractivity contribution in [3.8, 4) is 0 Å². The number of likely N-dealkylation sites (tertiary alicyclic amines) is 1. The van der Waals surface area contributed by atoms with Gasteiger partial charge in [-0.25, -0.2) is 0 Å². The van der Waals surface area contributed by atoms with Crippen LogP contribution in [-0.2, 0) is 6.42 Å². The van der Waals surface area contributed by atoms with Crippen LogP contribution in [0.2, 0.25) is 0 Å². The lowest BCUT2D eigenvalue weighted by atomic mass is 9.97. The van der Waals surface area contributed by atoms with E-state index in [4.69, 9.17) is 9.63 Å². The minimum absolute atomic E-state index is 0.0629. The molecule has 1 aliphatic rings. The number of nitrogens with zero attached hydrogens (tertiary/aromatic N) is 3. The normalized spacial score (nSPS) is 22.5. The monoisotopic (exact) mass is 225 g/mol. The number of aliphatic hydroxyl groups is 1. The lowest BCUT2D eigenvalue weighted by Crippen LogP contribution is -2.34. The fraction of sp³-hybridized carbons (Fsp3) is 0.818. The van der Waals surface area contributed by atoms with Crippen LogP contribution in [0, 0.1) is 0 Å². The molecule has 0 aromatic carbocycles. The van der Waals surface area contributed by atoms with Gasteiger partial charge >= 0.3 is 0 Å². The molecule has 0 amide bonds. The van der Waals surface area contributed by atoms with Gasteiger partial charge in [0.25, 0.3) is 0 Å². The van der Waals surface area contributed by atoms with Gasteiger partial charge in [0, 0.05) is 12.5 Å². The van der Waals surface area contributed by atoms with Crippen LogP contribution in [0.3, 0.4) is 0 Å². The summed E-state index contributed by atoms with van der Waals surface area (Å²) in [4.78, 5) is 6.74. The average Bonchev–Trinajstić information content (AvgIpc) is 2.78. The minimum Gasteiger partial charge on any atom is -0.396 e. The quantitative estimate of drug-likeness (QED) is 0.821. The van der Waals surface area contributed by atoms with Gasteiger partial charge in [0.1, 0.15) is 0 Å². The van der Waals surface area contributed by atoms with E-state index in [9.17, 15) is 0 Å². The van der Waals surface area contributed by atoms with Crippen LogP contribution in [0.4, 0.5) is 0 Å². The van der Waals surface area contributed by atoms with Gasteiger partial charge in [0.15, 0.2) is 5.82 Å². The molecule has 5 nitrogen and oxygen atoms in total. The largest absolute Gasteiger partial charge is 0.396 e. The predicted octanol–water partition coefficient (Wildman–Crippen LogP) is 0.804. The molecule has 16 heavy (non-hydrogen) atoms. The molecule has 0 saturated carbocycles. The first-order valence-electron chi connectivity index (χ1n) is 5.99. The number of piperidine rings is 1. The maximum atomic E-state index is 8.78. The Bertz CT molecular complexity index is 327. The Hall–Kier alpha value is -0.940. The average molecular weight is 225 g/mol. The second-order valence-corrected chi connectivity index (χ2v) is 4.25. The van der Waals surface area contributed by atoms with Crippen molar-refractivity contribution in [3.63, 3.8) is 0 Å².